The number of aromatic amines is 1. The van der Waals surface area contributed by atoms with Crippen molar-refractivity contribution in [1.82, 2.24) is 4.98 Å². The SMILES string of the molecule is COc1cc(NS(=O)(=O)c2ccc(=O)[nH]c2)c(Br)cc1Br. The van der Waals surface area contributed by atoms with E-state index in [0.29, 0.717) is 20.4 Å². The van der Waals surface area contributed by atoms with Crippen LogP contribution in [0, 0.1) is 0 Å². The Hall–Kier alpha value is -1.32. The van der Waals surface area contributed by atoms with Crippen molar-refractivity contribution in [2.24, 2.45) is 0 Å². The summed E-state index contributed by atoms with van der Waals surface area (Å²) in [6.07, 6.45) is 1.13. The van der Waals surface area contributed by atoms with E-state index in [1.807, 2.05) is 0 Å². The van der Waals surface area contributed by atoms with Gasteiger partial charge in [-0.25, -0.2) is 8.42 Å². The number of anilines is 1. The van der Waals surface area contributed by atoms with Crippen molar-refractivity contribution in [2.45, 2.75) is 4.90 Å². The molecule has 0 saturated carbocycles. The quantitative estimate of drug-likeness (QED) is 0.769. The Morgan fingerprint density at radius 1 is 1.19 bits per heavy atom. The first kappa shape index (κ1) is 16.1. The van der Waals surface area contributed by atoms with Gasteiger partial charge in [0, 0.05) is 22.8 Å². The number of methoxy groups -OCH3 is 1. The maximum atomic E-state index is 12.2. The standard InChI is InChI=1S/C12H10Br2N2O4S/c1-20-11-5-10(8(13)4-9(11)14)16-21(18,19)7-2-3-12(17)15-6-7/h2-6,16H,1H3,(H,15,17). The highest BCUT2D eigenvalue weighted by atomic mass is 79.9. The van der Waals surface area contributed by atoms with Crippen LogP contribution in [-0.2, 0) is 10.0 Å². The zero-order valence-electron chi connectivity index (χ0n) is 10.7. The van der Waals surface area contributed by atoms with Crippen LogP contribution in [0.2, 0.25) is 0 Å². The Morgan fingerprint density at radius 2 is 1.90 bits per heavy atom. The minimum Gasteiger partial charge on any atom is -0.495 e. The van der Waals surface area contributed by atoms with Gasteiger partial charge in [0.15, 0.2) is 0 Å². The number of hydrogen-bond donors (Lipinski definition) is 2. The van der Waals surface area contributed by atoms with Crippen LogP contribution < -0.4 is 15.0 Å². The lowest BCUT2D eigenvalue weighted by Gasteiger charge is -2.12. The monoisotopic (exact) mass is 436 g/mol. The number of nitrogens with one attached hydrogen (secondary N) is 2. The predicted octanol–water partition coefficient (Wildman–Crippen LogP) is 2.71. The summed E-state index contributed by atoms with van der Waals surface area (Å²) in [5.74, 6) is 0.484. The third kappa shape index (κ3) is 3.66. The zero-order valence-corrected chi connectivity index (χ0v) is 14.7. The number of halogens is 2. The van der Waals surface area contributed by atoms with Crippen molar-refractivity contribution >= 4 is 47.6 Å². The molecule has 0 fully saturated rings. The number of benzene rings is 1. The molecule has 112 valence electrons. The molecule has 0 bridgehead atoms. The molecule has 21 heavy (non-hydrogen) atoms. The van der Waals surface area contributed by atoms with Gasteiger partial charge in [0.1, 0.15) is 10.6 Å². The molecule has 1 aromatic heterocycles. The fourth-order valence-corrected chi connectivity index (χ4v) is 3.95. The second kappa shape index (κ2) is 6.20. The van der Waals surface area contributed by atoms with Gasteiger partial charge in [-0.3, -0.25) is 9.52 Å². The van der Waals surface area contributed by atoms with Crippen molar-refractivity contribution in [1.29, 1.82) is 0 Å². The Kier molecular flexibility index (Phi) is 4.74. The number of ether oxygens (including phenoxy) is 1. The fourth-order valence-electron chi connectivity index (χ4n) is 1.53. The number of sulfonamides is 1. The molecular weight excluding hydrogens is 428 g/mol. The summed E-state index contributed by atoms with van der Waals surface area (Å²) in [6, 6.07) is 5.58. The van der Waals surface area contributed by atoms with Crippen LogP contribution in [-0.4, -0.2) is 20.5 Å². The molecule has 1 aromatic carbocycles. The Morgan fingerprint density at radius 3 is 2.48 bits per heavy atom. The summed E-state index contributed by atoms with van der Waals surface area (Å²) in [5.41, 5.74) is -0.0540. The van der Waals surface area contributed by atoms with Crippen LogP contribution >= 0.6 is 31.9 Å². The molecule has 0 aliphatic heterocycles. The van der Waals surface area contributed by atoms with E-state index in [1.54, 1.807) is 6.07 Å². The van der Waals surface area contributed by atoms with E-state index < -0.39 is 10.0 Å². The van der Waals surface area contributed by atoms with Crippen LogP contribution in [0.15, 0.2) is 49.1 Å². The van der Waals surface area contributed by atoms with Gasteiger partial charge in [-0.05, 0) is 44.0 Å². The molecule has 0 atom stereocenters. The van der Waals surface area contributed by atoms with E-state index in [4.69, 9.17) is 4.74 Å². The van der Waals surface area contributed by atoms with Crippen LogP contribution in [0.1, 0.15) is 0 Å². The average molecular weight is 438 g/mol. The lowest BCUT2D eigenvalue weighted by Crippen LogP contribution is -2.15. The molecule has 2 aromatic rings. The molecule has 6 nitrogen and oxygen atoms in total. The van der Waals surface area contributed by atoms with Crippen LogP contribution in [0.4, 0.5) is 5.69 Å². The van der Waals surface area contributed by atoms with Crippen molar-refractivity contribution in [3.8, 4) is 5.75 Å². The lowest BCUT2D eigenvalue weighted by molar-refractivity contribution is 0.412. The summed E-state index contributed by atoms with van der Waals surface area (Å²) in [7, 11) is -2.33. The summed E-state index contributed by atoms with van der Waals surface area (Å²) < 4.78 is 33.3. The number of H-pyrrole nitrogens is 1. The molecular formula is C12H10Br2N2O4S. The minimum atomic E-state index is -3.81. The fraction of sp³-hybridized carbons (Fsp3) is 0.0833. The predicted molar refractivity (Wildman–Crippen MR) is 86.3 cm³/mol. The zero-order chi connectivity index (χ0) is 15.6. The lowest BCUT2D eigenvalue weighted by atomic mass is 10.3. The van der Waals surface area contributed by atoms with E-state index >= 15 is 0 Å². The van der Waals surface area contributed by atoms with Crippen molar-refractivity contribution in [2.75, 3.05) is 11.8 Å². The highest BCUT2D eigenvalue weighted by molar-refractivity contribution is 9.11. The first-order valence-corrected chi connectivity index (χ1v) is 8.65. The van der Waals surface area contributed by atoms with Gasteiger partial charge in [-0.1, -0.05) is 0 Å². The second-order valence-corrected chi connectivity index (χ2v) is 7.35. The molecule has 0 aliphatic carbocycles. The summed E-state index contributed by atoms with van der Waals surface area (Å²) in [5, 5.41) is 0. The van der Waals surface area contributed by atoms with Gasteiger partial charge in [0.2, 0.25) is 5.56 Å². The van der Waals surface area contributed by atoms with Crippen molar-refractivity contribution in [3.63, 3.8) is 0 Å². The number of rotatable bonds is 4. The van der Waals surface area contributed by atoms with Gasteiger partial charge in [0.05, 0.1) is 17.3 Å². The molecule has 1 heterocycles. The van der Waals surface area contributed by atoms with Gasteiger partial charge >= 0.3 is 0 Å². The number of aromatic nitrogens is 1. The maximum Gasteiger partial charge on any atom is 0.263 e. The van der Waals surface area contributed by atoms with Crippen molar-refractivity contribution in [3.05, 3.63) is 49.8 Å². The number of pyridine rings is 1. The third-order valence-electron chi connectivity index (χ3n) is 2.55. The van der Waals surface area contributed by atoms with Crippen LogP contribution in [0.5, 0.6) is 5.75 Å². The Balaban J connectivity index is 2.41. The average Bonchev–Trinajstić information content (AvgIpc) is 2.42. The van der Waals surface area contributed by atoms with Gasteiger partial charge in [0.25, 0.3) is 10.0 Å². The van der Waals surface area contributed by atoms with Gasteiger partial charge in [-0.2, -0.15) is 0 Å². The molecule has 0 aliphatic rings. The first-order chi connectivity index (χ1) is 9.83. The Bertz CT molecular complexity index is 813. The summed E-state index contributed by atoms with van der Waals surface area (Å²) in [4.78, 5) is 13.3. The van der Waals surface area contributed by atoms with E-state index in [9.17, 15) is 13.2 Å². The van der Waals surface area contributed by atoms with Crippen molar-refractivity contribution < 1.29 is 13.2 Å². The molecule has 2 rings (SSSR count). The summed E-state index contributed by atoms with van der Waals surface area (Å²) >= 11 is 6.58. The van der Waals surface area contributed by atoms with Gasteiger partial charge < -0.3 is 9.72 Å². The van der Waals surface area contributed by atoms with E-state index in [-0.39, 0.29) is 10.5 Å². The minimum absolute atomic E-state index is 0.0455. The highest BCUT2D eigenvalue weighted by Gasteiger charge is 2.17. The molecule has 0 radical (unpaired) electrons. The smallest absolute Gasteiger partial charge is 0.263 e. The largest absolute Gasteiger partial charge is 0.495 e. The van der Waals surface area contributed by atoms with Crippen LogP contribution in [0.25, 0.3) is 0 Å². The Labute approximate surface area is 137 Å². The highest BCUT2D eigenvalue weighted by Crippen LogP contribution is 2.35. The molecule has 0 saturated heterocycles. The summed E-state index contributed by atoms with van der Waals surface area (Å²) in [6.45, 7) is 0. The molecule has 0 unspecified atom stereocenters. The topological polar surface area (TPSA) is 88.3 Å². The first-order valence-electron chi connectivity index (χ1n) is 5.58. The molecule has 0 amide bonds. The normalized spacial score (nSPS) is 11.2. The molecule has 0 spiro atoms. The maximum absolute atomic E-state index is 12.2. The van der Waals surface area contributed by atoms with Gasteiger partial charge in [-0.15, -0.1) is 0 Å². The van der Waals surface area contributed by atoms with Crippen LogP contribution in [0.3, 0.4) is 0 Å². The van der Waals surface area contributed by atoms with E-state index in [1.165, 1.54) is 19.2 Å². The number of hydrogen-bond acceptors (Lipinski definition) is 4. The van der Waals surface area contributed by atoms with E-state index in [0.717, 1.165) is 12.3 Å². The molecule has 2 N–H and O–H groups in total. The third-order valence-corrected chi connectivity index (χ3v) is 5.19. The second-order valence-electron chi connectivity index (χ2n) is 3.96. The van der Waals surface area contributed by atoms with E-state index in [2.05, 4.69) is 41.6 Å². The molecule has 9 heteroatoms.